The predicted octanol–water partition coefficient (Wildman–Crippen LogP) is 12.3. The highest BCUT2D eigenvalue weighted by atomic mass is 14.3. The van der Waals surface area contributed by atoms with Crippen molar-refractivity contribution in [3.63, 3.8) is 0 Å². The maximum Gasteiger partial charge on any atom is -0.00173 e. The van der Waals surface area contributed by atoms with Gasteiger partial charge in [-0.2, -0.15) is 0 Å². The van der Waals surface area contributed by atoms with Crippen LogP contribution in [-0.2, 0) is 12.8 Å². The second-order valence-electron chi connectivity index (χ2n) is 11.7. The van der Waals surface area contributed by atoms with E-state index in [1.54, 1.807) is 5.56 Å². The Morgan fingerprint density at radius 2 is 0.905 bits per heavy atom. The first-order valence-corrected chi connectivity index (χ1v) is 15.8. The Hall–Kier alpha value is -4.42. The summed E-state index contributed by atoms with van der Waals surface area (Å²) in [6.45, 7) is 4.62. The van der Waals surface area contributed by atoms with Crippen LogP contribution in [0.2, 0.25) is 0 Å². The van der Waals surface area contributed by atoms with Crippen molar-refractivity contribution in [1.82, 2.24) is 0 Å². The van der Waals surface area contributed by atoms with E-state index >= 15 is 0 Å². The van der Waals surface area contributed by atoms with Gasteiger partial charge < -0.3 is 0 Å². The lowest BCUT2D eigenvalue weighted by Crippen LogP contribution is -2.01. The molecule has 0 spiro atoms. The van der Waals surface area contributed by atoms with E-state index in [2.05, 4.69) is 135 Å². The molecule has 42 heavy (non-hydrogen) atoms. The fourth-order valence-electron chi connectivity index (χ4n) is 7.08. The monoisotopic (exact) mass is 542 g/mol. The topological polar surface area (TPSA) is 0 Å². The van der Waals surface area contributed by atoms with Crippen LogP contribution in [0.25, 0.3) is 65.3 Å². The Balaban J connectivity index is 1.71. The summed E-state index contributed by atoms with van der Waals surface area (Å²) in [5.41, 5.74) is 8.49. The lowest BCUT2D eigenvalue weighted by molar-refractivity contribution is 0.762. The number of benzene rings is 7. The highest BCUT2D eigenvalue weighted by Crippen LogP contribution is 2.48. The molecule has 0 nitrogen and oxygen atoms in total. The standard InChI is InChI=1S/C42H38/c1-3-5-15-31-27-28-39-40(35-25-13-18-29-16-7-9-21-32(29)35)37-23-11-12-24-38(37)42(41(39)34(31)20-6-4-2)36-26-14-19-30-17-8-10-22-33(30)36/h7-14,16-19,21-28H,3-6,15,20H2,1-2H3. The first-order chi connectivity index (χ1) is 20.8. The largest absolute Gasteiger partial charge is 0.0654 e. The van der Waals surface area contributed by atoms with Gasteiger partial charge in [0.1, 0.15) is 0 Å². The highest BCUT2D eigenvalue weighted by Gasteiger charge is 2.22. The maximum absolute atomic E-state index is 2.46. The first-order valence-electron chi connectivity index (χ1n) is 15.8. The Labute approximate surface area is 249 Å². The summed E-state index contributed by atoms with van der Waals surface area (Å²) >= 11 is 0. The number of rotatable bonds is 8. The van der Waals surface area contributed by atoms with E-state index in [1.807, 2.05) is 0 Å². The van der Waals surface area contributed by atoms with Crippen LogP contribution in [-0.4, -0.2) is 0 Å². The number of aryl methyl sites for hydroxylation is 2. The van der Waals surface area contributed by atoms with E-state index < -0.39 is 0 Å². The molecule has 0 unspecified atom stereocenters. The molecule has 0 bridgehead atoms. The number of hydrogen-bond acceptors (Lipinski definition) is 0. The normalized spacial score (nSPS) is 11.7. The molecule has 0 saturated heterocycles. The Bertz CT molecular complexity index is 2050. The van der Waals surface area contributed by atoms with Crippen molar-refractivity contribution < 1.29 is 0 Å². The molecule has 0 aliphatic rings. The average molecular weight is 543 g/mol. The molecule has 7 aromatic rings. The van der Waals surface area contributed by atoms with Crippen LogP contribution in [0.15, 0.2) is 121 Å². The third-order valence-corrected chi connectivity index (χ3v) is 9.09. The summed E-state index contributed by atoms with van der Waals surface area (Å²) in [7, 11) is 0. The molecule has 0 amide bonds. The van der Waals surface area contributed by atoms with Crippen molar-refractivity contribution in [2.45, 2.75) is 52.4 Å². The molecule has 0 heterocycles. The number of unbranched alkanes of at least 4 members (excludes halogenated alkanes) is 2. The Morgan fingerprint density at radius 1 is 0.405 bits per heavy atom. The van der Waals surface area contributed by atoms with Crippen molar-refractivity contribution >= 4 is 43.1 Å². The van der Waals surface area contributed by atoms with Gasteiger partial charge in [-0.05, 0) is 102 Å². The lowest BCUT2D eigenvalue weighted by atomic mass is 9.80. The number of hydrogen-bond donors (Lipinski definition) is 0. The fourth-order valence-corrected chi connectivity index (χ4v) is 7.08. The minimum absolute atomic E-state index is 1.11. The van der Waals surface area contributed by atoms with Gasteiger partial charge in [-0.3, -0.25) is 0 Å². The molecule has 0 saturated carbocycles. The van der Waals surface area contributed by atoms with Crippen molar-refractivity contribution in [1.29, 1.82) is 0 Å². The van der Waals surface area contributed by atoms with Crippen LogP contribution in [0.5, 0.6) is 0 Å². The summed E-state index contributed by atoms with van der Waals surface area (Å²) in [5, 5.41) is 10.7. The SMILES string of the molecule is CCCCc1ccc2c(-c3cccc4ccccc34)c3ccccc3c(-c3cccc4ccccc34)c2c1CCCC. The van der Waals surface area contributed by atoms with Crippen molar-refractivity contribution in [2.24, 2.45) is 0 Å². The third-order valence-electron chi connectivity index (χ3n) is 9.09. The van der Waals surface area contributed by atoms with Crippen LogP contribution in [0, 0.1) is 0 Å². The van der Waals surface area contributed by atoms with E-state index in [4.69, 9.17) is 0 Å². The molecule has 0 N–H and O–H groups in total. The average Bonchev–Trinajstić information content (AvgIpc) is 3.05. The van der Waals surface area contributed by atoms with Gasteiger partial charge in [0.2, 0.25) is 0 Å². The first kappa shape index (κ1) is 26.5. The molecule has 0 heteroatoms. The van der Waals surface area contributed by atoms with E-state index in [1.165, 1.54) is 96.6 Å². The van der Waals surface area contributed by atoms with E-state index in [0.29, 0.717) is 0 Å². The summed E-state index contributed by atoms with van der Waals surface area (Å²) in [5.74, 6) is 0. The zero-order chi connectivity index (χ0) is 28.5. The molecule has 0 aliphatic heterocycles. The van der Waals surface area contributed by atoms with Crippen molar-refractivity contribution in [2.75, 3.05) is 0 Å². The molecule has 0 aromatic heterocycles. The molecule has 206 valence electrons. The Morgan fingerprint density at radius 3 is 1.52 bits per heavy atom. The molecule has 0 fully saturated rings. The third kappa shape index (κ3) is 4.47. The second kappa shape index (κ2) is 11.5. The van der Waals surface area contributed by atoms with Crippen molar-refractivity contribution in [3.05, 3.63) is 132 Å². The summed E-state index contributed by atoms with van der Waals surface area (Å²) in [6, 6.07) is 45.4. The molecule has 7 rings (SSSR count). The lowest BCUT2D eigenvalue weighted by Gasteiger charge is -2.23. The van der Waals surface area contributed by atoms with Crippen molar-refractivity contribution in [3.8, 4) is 22.3 Å². The van der Waals surface area contributed by atoms with Gasteiger partial charge in [-0.25, -0.2) is 0 Å². The summed E-state index contributed by atoms with van der Waals surface area (Å²) in [6.07, 6.45) is 7.06. The zero-order valence-corrected chi connectivity index (χ0v) is 24.8. The van der Waals surface area contributed by atoms with Gasteiger partial charge in [0.25, 0.3) is 0 Å². The van der Waals surface area contributed by atoms with Gasteiger partial charge in [0.15, 0.2) is 0 Å². The van der Waals surface area contributed by atoms with Gasteiger partial charge in [-0.1, -0.05) is 148 Å². The van der Waals surface area contributed by atoms with Gasteiger partial charge >= 0.3 is 0 Å². The smallest absolute Gasteiger partial charge is 0.00173 e. The Kier molecular flexibility index (Phi) is 7.22. The van der Waals surface area contributed by atoms with Crippen LogP contribution in [0.3, 0.4) is 0 Å². The molecule has 7 aromatic carbocycles. The molecular formula is C42H38. The van der Waals surface area contributed by atoms with Gasteiger partial charge in [0.05, 0.1) is 0 Å². The fraction of sp³-hybridized carbons (Fsp3) is 0.190. The minimum Gasteiger partial charge on any atom is -0.0654 e. The zero-order valence-electron chi connectivity index (χ0n) is 24.8. The summed E-state index contributed by atoms with van der Waals surface area (Å²) < 4.78 is 0. The van der Waals surface area contributed by atoms with Crippen LogP contribution < -0.4 is 0 Å². The van der Waals surface area contributed by atoms with E-state index in [9.17, 15) is 0 Å². The second-order valence-corrected chi connectivity index (χ2v) is 11.7. The minimum atomic E-state index is 1.11. The van der Waals surface area contributed by atoms with Gasteiger partial charge in [0, 0.05) is 0 Å². The van der Waals surface area contributed by atoms with Crippen LogP contribution in [0.4, 0.5) is 0 Å². The molecule has 0 aliphatic carbocycles. The predicted molar refractivity (Wildman–Crippen MR) is 185 cm³/mol. The van der Waals surface area contributed by atoms with Crippen LogP contribution >= 0.6 is 0 Å². The van der Waals surface area contributed by atoms with E-state index in [0.717, 1.165) is 12.8 Å². The molecule has 0 radical (unpaired) electrons. The molecular weight excluding hydrogens is 504 g/mol. The highest BCUT2D eigenvalue weighted by molar-refractivity contribution is 6.26. The molecule has 0 atom stereocenters. The maximum atomic E-state index is 2.46. The summed E-state index contributed by atoms with van der Waals surface area (Å²) in [4.78, 5) is 0. The van der Waals surface area contributed by atoms with Gasteiger partial charge in [-0.15, -0.1) is 0 Å². The van der Waals surface area contributed by atoms with E-state index in [-0.39, 0.29) is 0 Å². The quantitative estimate of drug-likeness (QED) is 0.168. The number of fused-ring (bicyclic) bond motifs is 4. The van der Waals surface area contributed by atoms with Crippen LogP contribution in [0.1, 0.15) is 50.7 Å².